The van der Waals surface area contributed by atoms with Gasteiger partial charge in [-0.2, -0.15) is 0 Å². The number of rotatable bonds is 6. The van der Waals surface area contributed by atoms with Crippen molar-refractivity contribution in [3.63, 3.8) is 0 Å². The van der Waals surface area contributed by atoms with Crippen molar-refractivity contribution in [1.82, 2.24) is 10.2 Å². The highest BCUT2D eigenvalue weighted by Crippen LogP contribution is 2.29. The molecule has 0 aliphatic heterocycles. The Balaban J connectivity index is 2.03. The van der Waals surface area contributed by atoms with Crippen molar-refractivity contribution in [2.45, 2.75) is 4.34 Å². The van der Waals surface area contributed by atoms with E-state index < -0.39 is 11.8 Å². The summed E-state index contributed by atoms with van der Waals surface area (Å²) in [5.74, 6) is -1.32. The first-order valence-corrected chi connectivity index (χ1v) is 7.17. The number of ether oxygens (including phenoxy) is 1. The molecule has 1 aromatic carbocycles. The van der Waals surface area contributed by atoms with Crippen LogP contribution in [0.5, 0.6) is 5.75 Å². The molecule has 6 nitrogen and oxygen atoms in total. The molecular weight excluding hydrogens is 305 g/mol. The van der Waals surface area contributed by atoms with Crippen LogP contribution in [-0.4, -0.2) is 34.1 Å². The summed E-state index contributed by atoms with van der Waals surface area (Å²) in [6, 6.07) is 4.43. The van der Waals surface area contributed by atoms with Gasteiger partial charge in [0.2, 0.25) is 5.13 Å². The van der Waals surface area contributed by atoms with Crippen LogP contribution in [0, 0.1) is 5.82 Å². The van der Waals surface area contributed by atoms with Gasteiger partial charge in [0, 0.05) is 11.8 Å². The number of halogens is 1. The predicted molar refractivity (Wildman–Crippen MR) is 74.5 cm³/mol. The summed E-state index contributed by atoms with van der Waals surface area (Å²) >= 11 is 2.28. The number of aliphatic carboxylic acids is 1. The molecule has 1 aromatic heterocycles. The molecule has 0 saturated heterocycles. The van der Waals surface area contributed by atoms with Crippen LogP contribution in [0.1, 0.15) is 0 Å². The number of thioether (sulfide) groups is 1. The van der Waals surface area contributed by atoms with E-state index in [1.807, 2.05) is 0 Å². The highest BCUT2D eigenvalue weighted by molar-refractivity contribution is 8.01. The Hall–Kier alpha value is -1.87. The van der Waals surface area contributed by atoms with Crippen LogP contribution in [-0.2, 0) is 4.79 Å². The fourth-order valence-electron chi connectivity index (χ4n) is 1.31. The van der Waals surface area contributed by atoms with Crippen molar-refractivity contribution in [2.75, 3.05) is 18.2 Å². The standard InChI is InChI=1S/C11H10FN3O3S2/c1-18-8-3-2-6(4-7(8)12)13-10-14-15-11(20-10)19-5-9(16)17/h2-4H,5H2,1H3,(H,13,14)(H,16,17). The lowest BCUT2D eigenvalue weighted by molar-refractivity contribution is -0.133. The van der Waals surface area contributed by atoms with Crippen LogP contribution in [0.3, 0.4) is 0 Å². The molecule has 0 aliphatic rings. The number of anilines is 2. The minimum atomic E-state index is -0.920. The van der Waals surface area contributed by atoms with Crippen molar-refractivity contribution in [3.05, 3.63) is 24.0 Å². The Labute approximate surface area is 122 Å². The molecule has 0 radical (unpaired) electrons. The van der Waals surface area contributed by atoms with Gasteiger partial charge in [0.05, 0.1) is 12.9 Å². The number of hydrogen-bond donors (Lipinski definition) is 2. The normalized spacial score (nSPS) is 10.3. The van der Waals surface area contributed by atoms with E-state index >= 15 is 0 Å². The van der Waals surface area contributed by atoms with Crippen molar-refractivity contribution >= 4 is 39.9 Å². The van der Waals surface area contributed by atoms with Gasteiger partial charge in [0.25, 0.3) is 0 Å². The van der Waals surface area contributed by atoms with E-state index in [0.29, 0.717) is 15.2 Å². The van der Waals surface area contributed by atoms with E-state index in [2.05, 4.69) is 15.5 Å². The molecule has 9 heteroatoms. The maximum Gasteiger partial charge on any atom is 0.313 e. The quantitative estimate of drug-likeness (QED) is 0.793. The average Bonchev–Trinajstić information content (AvgIpc) is 2.84. The molecule has 0 spiro atoms. The topological polar surface area (TPSA) is 84.3 Å². The maximum atomic E-state index is 13.5. The zero-order chi connectivity index (χ0) is 14.5. The van der Waals surface area contributed by atoms with Gasteiger partial charge in [0.1, 0.15) is 0 Å². The number of nitrogens with one attached hydrogen (secondary N) is 1. The second kappa shape index (κ2) is 6.53. The van der Waals surface area contributed by atoms with Crippen LogP contribution < -0.4 is 10.1 Å². The minimum absolute atomic E-state index is 0.0776. The molecule has 0 saturated carbocycles. The Morgan fingerprint density at radius 2 is 2.35 bits per heavy atom. The summed E-state index contributed by atoms with van der Waals surface area (Å²) in [5, 5.41) is 19.6. The van der Waals surface area contributed by atoms with Gasteiger partial charge in [-0.3, -0.25) is 4.79 Å². The van der Waals surface area contributed by atoms with Crippen molar-refractivity contribution in [1.29, 1.82) is 0 Å². The smallest absolute Gasteiger partial charge is 0.313 e. The van der Waals surface area contributed by atoms with Gasteiger partial charge >= 0.3 is 5.97 Å². The molecule has 0 unspecified atom stereocenters. The number of carboxylic acid groups (broad SMARTS) is 1. The first-order valence-electron chi connectivity index (χ1n) is 5.37. The van der Waals surface area contributed by atoms with E-state index in [9.17, 15) is 9.18 Å². The van der Waals surface area contributed by atoms with Crippen LogP contribution in [0.25, 0.3) is 0 Å². The SMILES string of the molecule is COc1ccc(Nc2nnc(SCC(=O)O)s2)cc1F. The molecule has 0 amide bonds. The number of hydrogen-bond acceptors (Lipinski definition) is 7. The van der Waals surface area contributed by atoms with Crippen molar-refractivity contribution < 1.29 is 19.0 Å². The summed E-state index contributed by atoms with van der Waals surface area (Å²) in [5.41, 5.74) is 0.509. The Morgan fingerprint density at radius 1 is 1.55 bits per heavy atom. The highest BCUT2D eigenvalue weighted by Gasteiger charge is 2.09. The number of carboxylic acids is 1. The predicted octanol–water partition coefficient (Wildman–Crippen LogP) is 2.61. The van der Waals surface area contributed by atoms with Gasteiger partial charge in [-0.15, -0.1) is 10.2 Å². The lowest BCUT2D eigenvalue weighted by atomic mass is 10.3. The third-order valence-electron chi connectivity index (χ3n) is 2.13. The summed E-state index contributed by atoms with van der Waals surface area (Å²) in [4.78, 5) is 10.4. The number of aromatic nitrogens is 2. The van der Waals surface area contributed by atoms with Gasteiger partial charge in [-0.1, -0.05) is 23.1 Å². The Kier molecular flexibility index (Phi) is 4.74. The summed E-state index contributed by atoms with van der Waals surface area (Å²) in [6.07, 6.45) is 0. The van der Waals surface area contributed by atoms with Crippen LogP contribution >= 0.6 is 23.1 Å². The van der Waals surface area contributed by atoms with Crippen LogP contribution in [0.4, 0.5) is 15.2 Å². The molecule has 0 fully saturated rings. The maximum absolute atomic E-state index is 13.5. The molecule has 2 rings (SSSR count). The molecule has 1 heterocycles. The fourth-order valence-corrected chi connectivity index (χ4v) is 2.80. The van der Waals surface area contributed by atoms with Gasteiger partial charge in [-0.05, 0) is 12.1 Å². The molecule has 2 aromatic rings. The average molecular weight is 315 g/mol. The monoisotopic (exact) mass is 315 g/mol. The Morgan fingerprint density at radius 3 is 3.00 bits per heavy atom. The largest absolute Gasteiger partial charge is 0.494 e. The molecule has 20 heavy (non-hydrogen) atoms. The Bertz CT molecular complexity index is 621. The summed E-state index contributed by atoms with van der Waals surface area (Å²) in [6.45, 7) is 0. The van der Waals surface area contributed by atoms with Crippen LogP contribution in [0.15, 0.2) is 22.5 Å². The van der Waals surface area contributed by atoms with E-state index in [0.717, 1.165) is 11.8 Å². The number of carbonyl (C=O) groups is 1. The second-order valence-electron chi connectivity index (χ2n) is 3.53. The third-order valence-corrected chi connectivity index (χ3v) is 4.09. The van der Waals surface area contributed by atoms with Crippen LogP contribution in [0.2, 0.25) is 0 Å². The van der Waals surface area contributed by atoms with E-state index in [1.165, 1.54) is 30.6 Å². The molecular formula is C11H10FN3O3S2. The van der Waals surface area contributed by atoms with Gasteiger partial charge < -0.3 is 15.2 Å². The zero-order valence-corrected chi connectivity index (χ0v) is 11.9. The summed E-state index contributed by atoms with van der Waals surface area (Å²) in [7, 11) is 1.39. The van der Waals surface area contributed by atoms with Crippen molar-refractivity contribution in [2.24, 2.45) is 0 Å². The third kappa shape index (κ3) is 3.81. The number of nitrogens with zero attached hydrogens (tertiary/aromatic N) is 2. The fraction of sp³-hybridized carbons (Fsp3) is 0.182. The van der Waals surface area contributed by atoms with E-state index in [-0.39, 0.29) is 11.5 Å². The molecule has 106 valence electrons. The molecule has 0 bridgehead atoms. The summed E-state index contributed by atoms with van der Waals surface area (Å²) < 4.78 is 18.9. The first-order chi connectivity index (χ1) is 9.58. The second-order valence-corrected chi connectivity index (χ2v) is 5.73. The van der Waals surface area contributed by atoms with Gasteiger partial charge in [-0.25, -0.2) is 4.39 Å². The molecule has 0 aliphatic carbocycles. The lowest BCUT2D eigenvalue weighted by Crippen LogP contribution is -1.96. The lowest BCUT2D eigenvalue weighted by Gasteiger charge is -2.05. The molecule has 0 atom stereocenters. The zero-order valence-electron chi connectivity index (χ0n) is 10.3. The number of methoxy groups -OCH3 is 1. The number of benzene rings is 1. The van der Waals surface area contributed by atoms with E-state index in [4.69, 9.17) is 9.84 Å². The molecule has 2 N–H and O–H groups in total. The minimum Gasteiger partial charge on any atom is -0.494 e. The van der Waals surface area contributed by atoms with E-state index in [1.54, 1.807) is 6.07 Å². The highest BCUT2D eigenvalue weighted by atomic mass is 32.2. The van der Waals surface area contributed by atoms with Gasteiger partial charge in [0.15, 0.2) is 15.9 Å². The first kappa shape index (κ1) is 14.5. The van der Waals surface area contributed by atoms with Crippen molar-refractivity contribution in [3.8, 4) is 5.75 Å².